The number of rotatable bonds is 5. The molecule has 0 fully saturated rings. The number of carbonyl (C=O) groups excluding carboxylic acids is 2. The molecule has 1 amide bonds. The van der Waals surface area contributed by atoms with Crippen LogP contribution in [0.1, 0.15) is 34.1 Å². The van der Waals surface area contributed by atoms with Gasteiger partial charge in [0.15, 0.2) is 0 Å². The molecule has 0 saturated carbocycles. The van der Waals surface area contributed by atoms with Crippen LogP contribution < -0.4 is 5.73 Å². The number of aryl methyl sites for hydroxylation is 1. The van der Waals surface area contributed by atoms with Crippen molar-refractivity contribution in [1.29, 1.82) is 0 Å². The van der Waals surface area contributed by atoms with Crippen LogP contribution in [0.3, 0.4) is 0 Å². The molecule has 5 aromatic rings. The number of halogens is 5. The van der Waals surface area contributed by atoms with E-state index in [2.05, 4.69) is 4.98 Å². The molecule has 11 heteroatoms. The first kappa shape index (κ1) is 25.8. The van der Waals surface area contributed by atoms with Gasteiger partial charge in [0.05, 0.1) is 39.7 Å². The minimum absolute atomic E-state index is 0.0352. The van der Waals surface area contributed by atoms with Crippen molar-refractivity contribution >= 4 is 33.8 Å². The molecule has 3 heterocycles. The lowest BCUT2D eigenvalue weighted by Gasteiger charge is -2.15. The summed E-state index contributed by atoms with van der Waals surface area (Å²) in [5, 5.41) is 0. The summed E-state index contributed by atoms with van der Waals surface area (Å²) < 4.78 is 74.8. The first-order valence-corrected chi connectivity index (χ1v) is 11.5. The maximum Gasteiger partial charge on any atom is 0.417 e. The lowest BCUT2D eigenvalue weighted by molar-refractivity contribution is -0.137. The number of aromatic nitrogens is 3. The number of carbonyl (C=O) groups is 2. The van der Waals surface area contributed by atoms with E-state index in [0.717, 1.165) is 24.3 Å². The summed E-state index contributed by atoms with van der Waals surface area (Å²) in [6.45, 7) is 1.39. The maximum atomic E-state index is 14.8. The van der Waals surface area contributed by atoms with Crippen LogP contribution in [-0.2, 0) is 18.0 Å². The maximum absolute atomic E-state index is 14.8. The first-order valence-electron chi connectivity index (χ1n) is 11.5. The van der Waals surface area contributed by atoms with Crippen LogP contribution in [0.5, 0.6) is 0 Å². The number of nitrogens with two attached hydrogens (primary N) is 1. The number of pyridine rings is 1. The second-order valence-electron chi connectivity index (χ2n) is 8.85. The Labute approximate surface area is 217 Å². The predicted molar refractivity (Wildman–Crippen MR) is 135 cm³/mol. The lowest BCUT2D eigenvalue weighted by Crippen LogP contribution is -2.16. The fourth-order valence-electron chi connectivity index (χ4n) is 4.70. The molecule has 0 unspecified atom stereocenters. The highest BCUT2D eigenvalue weighted by atomic mass is 19.4. The molecule has 3 aromatic heterocycles. The first-order chi connectivity index (χ1) is 18.4. The zero-order valence-corrected chi connectivity index (χ0v) is 20.5. The Balaban J connectivity index is 1.65. The van der Waals surface area contributed by atoms with Crippen molar-refractivity contribution in [2.24, 2.45) is 12.8 Å². The number of primary amides is 1. The zero-order valence-electron chi connectivity index (χ0n) is 20.5. The van der Waals surface area contributed by atoms with E-state index in [1.807, 2.05) is 0 Å². The molecular weight excluding hydrogens is 519 g/mol. The Bertz CT molecular complexity index is 1820. The quantitative estimate of drug-likeness (QED) is 0.172. The minimum Gasteiger partial charge on any atom is -0.366 e. The number of nitrogens with zero attached hydrogens (tertiary/aromatic N) is 3. The van der Waals surface area contributed by atoms with Crippen molar-refractivity contribution in [2.75, 3.05) is 0 Å². The van der Waals surface area contributed by atoms with Crippen LogP contribution in [0.4, 0.5) is 22.0 Å². The van der Waals surface area contributed by atoms with Gasteiger partial charge in [0.25, 0.3) is 0 Å². The van der Waals surface area contributed by atoms with Crippen molar-refractivity contribution in [3.63, 3.8) is 0 Å². The van der Waals surface area contributed by atoms with E-state index in [4.69, 9.17) is 5.73 Å². The van der Waals surface area contributed by atoms with E-state index >= 15 is 0 Å². The van der Waals surface area contributed by atoms with Gasteiger partial charge in [-0.15, -0.1) is 0 Å². The van der Waals surface area contributed by atoms with E-state index in [1.54, 1.807) is 7.05 Å². The van der Waals surface area contributed by atoms with E-state index < -0.39 is 40.6 Å². The number of hydrogen-bond donors (Lipinski definition) is 1. The van der Waals surface area contributed by atoms with Gasteiger partial charge in [-0.25, -0.2) is 13.8 Å². The summed E-state index contributed by atoms with van der Waals surface area (Å²) in [6, 6.07) is 9.70. The number of ketones is 1. The summed E-state index contributed by atoms with van der Waals surface area (Å²) in [4.78, 5) is 29.0. The van der Waals surface area contributed by atoms with Gasteiger partial charge in [-0.05, 0) is 55.0 Å². The SMILES string of the molecule is CC=C(C(N)=O)c1c(F)cc(C(=O)c2ccc3c(-c4cc5ncn(C)c5cc4C(F)(F)F)cccn23)cc1F. The van der Waals surface area contributed by atoms with Gasteiger partial charge < -0.3 is 14.7 Å². The summed E-state index contributed by atoms with van der Waals surface area (Å²) in [5.74, 6) is -4.15. The normalized spacial score (nSPS) is 12.4. The molecule has 0 aliphatic rings. The highest BCUT2D eigenvalue weighted by Crippen LogP contribution is 2.41. The molecule has 2 aromatic carbocycles. The fraction of sp³-hybridized carbons (Fsp3) is 0.107. The third-order valence-corrected chi connectivity index (χ3v) is 6.51. The van der Waals surface area contributed by atoms with E-state index in [-0.39, 0.29) is 33.5 Å². The fourth-order valence-corrected chi connectivity index (χ4v) is 4.70. The Kier molecular flexibility index (Phi) is 6.09. The number of allylic oxidation sites excluding steroid dienone is 1. The summed E-state index contributed by atoms with van der Waals surface area (Å²) in [5.41, 5.74) is 3.86. The minimum atomic E-state index is -4.68. The van der Waals surface area contributed by atoms with Gasteiger partial charge in [0, 0.05) is 29.9 Å². The van der Waals surface area contributed by atoms with E-state index in [0.29, 0.717) is 11.0 Å². The molecule has 0 radical (unpaired) electrons. The van der Waals surface area contributed by atoms with Crippen molar-refractivity contribution in [3.8, 4) is 11.1 Å². The number of alkyl halides is 3. The smallest absolute Gasteiger partial charge is 0.366 e. The number of imidazole rings is 1. The topological polar surface area (TPSA) is 82.4 Å². The molecule has 39 heavy (non-hydrogen) atoms. The van der Waals surface area contributed by atoms with Gasteiger partial charge >= 0.3 is 6.18 Å². The lowest BCUT2D eigenvalue weighted by atomic mass is 9.98. The average molecular weight is 538 g/mol. The van der Waals surface area contributed by atoms with E-state index in [9.17, 15) is 31.5 Å². The van der Waals surface area contributed by atoms with Crippen LogP contribution in [0.25, 0.3) is 33.3 Å². The molecule has 0 saturated heterocycles. The van der Waals surface area contributed by atoms with Crippen molar-refractivity contribution < 1.29 is 31.5 Å². The molecule has 0 aliphatic carbocycles. The molecular formula is C28H19F5N4O2. The summed E-state index contributed by atoms with van der Waals surface area (Å²) >= 11 is 0. The molecule has 5 rings (SSSR count). The number of hydrogen-bond acceptors (Lipinski definition) is 3. The second kappa shape index (κ2) is 9.19. The molecule has 0 aliphatic heterocycles. The monoisotopic (exact) mass is 538 g/mol. The van der Waals surface area contributed by atoms with Gasteiger partial charge in [0.1, 0.15) is 11.6 Å². The Morgan fingerprint density at radius 3 is 2.28 bits per heavy atom. The third kappa shape index (κ3) is 4.25. The largest absolute Gasteiger partial charge is 0.417 e. The van der Waals surface area contributed by atoms with Crippen LogP contribution in [0.2, 0.25) is 0 Å². The molecule has 0 bridgehead atoms. The molecule has 0 spiro atoms. The average Bonchev–Trinajstić information content (AvgIpc) is 3.47. The number of fused-ring (bicyclic) bond motifs is 2. The predicted octanol–water partition coefficient (Wildman–Crippen LogP) is 5.91. The van der Waals surface area contributed by atoms with Crippen LogP contribution in [-0.4, -0.2) is 25.6 Å². The van der Waals surface area contributed by atoms with Crippen LogP contribution >= 0.6 is 0 Å². The molecule has 198 valence electrons. The van der Waals surface area contributed by atoms with Crippen molar-refractivity contribution in [2.45, 2.75) is 13.1 Å². The van der Waals surface area contributed by atoms with E-state index in [1.165, 1.54) is 58.7 Å². The zero-order chi connectivity index (χ0) is 28.2. The summed E-state index contributed by atoms with van der Waals surface area (Å²) in [6.07, 6.45) is -0.648. The van der Waals surface area contributed by atoms with Gasteiger partial charge in [-0.2, -0.15) is 13.2 Å². The highest BCUT2D eigenvalue weighted by Gasteiger charge is 2.35. The Morgan fingerprint density at radius 2 is 1.67 bits per heavy atom. The van der Waals surface area contributed by atoms with Crippen molar-refractivity contribution in [1.82, 2.24) is 14.0 Å². The van der Waals surface area contributed by atoms with Crippen LogP contribution in [0.15, 0.2) is 67.1 Å². The molecule has 0 atom stereocenters. The highest BCUT2D eigenvalue weighted by molar-refractivity contribution is 6.19. The second-order valence-corrected chi connectivity index (χ2v) is 8.85. The van der Waals surface area contributed by atoms with Gasteiger partial charge in [-0.1, -0.05) is 12.1 Å². The Hall–Kier alpha value is -4.80. The number of benzene rings is 2. The van der Waals surface area contributed by atoms with Crippen LogP contribution in [0, 0.1) is 11.6 Å². The third-order valence-electron chi connectivity index (χ3n) is 6.51. The standard InChI is InChI=1S/C28H19F5N4O2/c1-3-15(27(34)39)25-19(29)9-14(10-20(25)30)26(38)23-7-6-22-16(5-4-8-37(22)23)17-11-21-24(36(2)13-35-21)12-18(17)28(31,32)33/h3-13H,1-2H3,(H2,34,39). The van der Waals surface area contributed by atoms with Gasteiger partial charge in [-0.3, -0.25) is 9.59 Å². The summed E-state index contributed by atoms with van der Waals surface area (Å²) in [7, 11) is 1.59. The van der Waals surface area contributed by atoms with Gasteiger partial charge in [0.2, 0.25) is 11.7 Å². The van der Waals surface area contributed by atoms with Crippen molar-refractivity contribution in [3.05, 3.63) is 101 Å². The number of amides is 1. The Morgan fingerprint density at radius 1 is 0.974 bits per heavy atom. The molecule has 2 N–H and O–H groups in total. The molecule has 6 nitrogen and oxygen atoms in total.